The summed E-state index contributed by atoms with van der Waals surface area (Å²) in [5.41, 5.74) is 1.52. The minimum absolute atomic E-state index is 0.153. The average Bonchev–Trinajstić information content (AvgIpc) is 3.04. The number of hydrogen-bond acceptors (Lipinski definition) is 5. The Labute approximate surface area is 161 Å². The number of benzene rings is 1. The van der Waals surface area contributed by atoms with Gasteiger partial charge in [-0.3, -0.25) is 4.31 Å². The molecule has 1 aromatic heterocycles. The Morgan fingerprint density at radius 1 is 1.36 bits per heavy atom. The molecule has 0 amide bonds. The van der Waals surface area contributed by atoms with Gasteiger partial charge in [-0.1, -0.05) is 22.0 Å². The van der Waals surface area contributed by atoms with Crippen LogP contribution in [-0.4, -0.2) is 35.2 Å². The fraction of sp³-hybridized carbons (Fsp3) is 0.412. The monoisotopic (exact) mass is 444 g/mol. The summed E-state index contributed by atoms with van der Waals surface area (Å²) in [4.78, 5) is 1.36. The number of ether oxygens (including phenoxy) is 1. The van der Waals surface area contributed by atoms with Crippen LogP contribution in [0.3, 0.4) is 0 Å². The van der Waals surface area contributed by atoms with Crippen LogP contribution in [-0.2, 0) is 14.8 Å². The molecule has 2 aromatic rings. The molecule has 0 saturated heterocycles. The molecule has 0 aliphatic carbocycles. The third kappa shape index (κ3) is 3.64. The van der Waals surface area contributed by atoms with Crippen LogP contribution in [0.4, 0.5) is 5.69 Å². The molecule has 2 heterocycles. The standard InChI is InChI=1S/C17H21BrN2O3S2/c1-3-23-9-4-8-19-16-13-6-5-12(18)11-15(13)25(21,22)20(2)14-7-10-24-17(14)16/h5-7,10-11,16,19H,3-4,8-9H2,1-2H3. The third-order valence-electron chi connectivity index (χ3n) is 4.22. The van der Waals surface area contributed by atoms with Crippen molar-refractivity contribution in [1.82, 2.24) is 5.32 Å². The van der Waals surface area contributed by atoms with Gasteiger partial charge >= 0.3 is 0 Å². The lowest BCUT2D eigenvalue weighted by atomic mass is 10.0. The lowest BCUT2D eigenvalue weighted by Gasteiger charge is -2.19. The van der Waals surface area contributed by atoms with Gasteiger partial charge < -0.3 is 10.1 Å². The molecule has 0 radical (unpaired) electrons. The van der Waals surface area contributed by atoms with E-state index >= 15 is 0 Å². The molecule has 0 spiro atoms. The summed E-state index contributed by atoms with van der Waals surface area (Å²) in [6, 6.07) is 7.18. The number of nitrogens with one attached hydrogen (secondary N) is 1. The van der Waals surface area contributed by atoms with Gasteiger partial charge in [-0.05, 0) is 49.0 Å². The Morgan fingerprint density at radius 2 is 2.16 bits per heavy atom. The lowest BCUT2D eigenvalue weighted by Crippen LogP contribution is -2.26. The predicted octanol–water partition coefficient (Wildman–Crippen LogP) is 3.75. The first-order valence-corrected chi connectivity index (χ1v) is 11.2. The van der Waals surface area contributed by atoms with Crippen molar-refractivity contribution in [2.24, 2.45) is 0 Å². The lowest BCUT2D eigenvalue weighted by molar-refractivity contribution is 0.144. The number of halogens is 1. The van der Waals surface area contributed by atoms with Gasteiger partial charge in [-0.25, -0.2) is 8.42 Å². The van der Waals surface area contributed by atoms with Crippen LogP contribution in [0.25, 0.3) is 0 Å². The highest BCUT2D eigenvalue weighted by atomic mass is 79.9. The molecular weight excluding hydrogens is 424 g/mol. The molecule has 1 aliphatic rings. The molecular formula is C17H21BrN2O3S2. The maximum atomic E-state index is 13.1. The molecule has 1 N–H and O–H groups in total. The van der Waals surface area contributed by atoms with Crippen molar-refractivity contribution in [3.05, 3.63) is 44.6 Å². The van der Waals surface area contributed by atoms with E-state index in [9.17, 15) is 8.42 Å². The largest absolute Gasteiger partial charge is 0.382 e. The molecule has 0 saturated carbocycles. The van der Waals surface area contributed by atoms with Gasteiger partial charge in [0.1, 0.15) is 0 Å². The van der Waals surface area contributed by atoms with E-state index in [0.717, 1.165) is 33.6 Å². The van der Waals surface area contributed by atoms with Crippen molar-refractivity contribution < 1.29 is 13.2 Å². The van der Waals surface area contributed by atoms with E-state index in [-0.39, 0.29) is 6.04 Å². The Kier molecular flexibility index (Phi) is 5.85. The second-order valence-corrected chi connectivity index (χ2v) is 9.56. The Hall–Kier alpha value is -0.930. The average molecular weight is 445 g/mol. The maximum Gasteiger partial charge on any atom is 0.264 e. The van der Waals surface area contributed by atoms with Crippen molar-refractivity contribution in [2.45, 2.75) is 24.3 Å². The molecule has 1 atom stereocenters. The van der Waals surface area contributed by atoms with Gasteiger partial charge in [0.2, 0.25) is 0 Å². The van der Waals surface area contributed by atoms with E-state index in [2.05, 4.69) is 21.2 Å². The summed E-state index contributed by atoms with van der Waals surface area (Å²) >= 11 is 4.97. The van der Waals surface area contributed by atoms with Gasteiger partial charge in [-0.2, -0.15) is 0 Å². The van der Waals surface area contributed by atoms with Crippen LogP contribution in [0.5, 0.6) is 0 Å². The summed E-state index contributed by atoms with van der Waals surface area (Å²) in [7, 11) is -1.98. The van der Waals surface area contributed by atoms with E-state index in [1.165, 1.54) is 4.31 Å². The zero-order chi connectivity index (χ0) is 18.0. The van der Waals surface area contributed by atoms with Crippen LogP contribution in [0.1, 0.15) is 29.8 Å². The van der Waals surface area contributed by atoms with Crippen molar-refractivity contribution in [3.8, 4) is 0 Å². The molecule has 1 aliphatic heterocycles. The number of thiophene rings is 1. The zero-order valence-corrected chi connectivity index (χ0v) is 17.4. The minimum Gasteiger partial charge on any atom is -0.382 e. The van der Waals surface area contributed by atoms with Gasteiger partial charge in [0, 0.05) is 24.7 Å². The number of hydrogen-bond donors (Lipinski definition) is 1. The number of fused-ring (bicyclic) bond motifs is 2. The van der Waals surface area contributed by atoms with Gasteiger partial charge in [0.05, 0.1) is 21.5 Å². The van der Waals surface area contributed by atoms with Gasteiger partial charge in [0.25, 0.3) is 10.0 Å². The van der Waals surface area contributed by atoms with Crippen LogP contribution >= 0.6 is 27.3 Å². The zero-order valence-electron chi connectivity index (χ0n) is 14.2. The molecule has 136 valence electrons. The first kappa shape index (κ1) is 18.8. The molecule has 1 unspecified atom stereocenters. The first-order valence-electron chi connectivity index (χ1n) is 8.13. The highest BCUT2D eigenvalue weighted by Gasteiger charge is 2.35. The summed E-state index contributed by atoms with van der Waals surface area (Å²) in [5, 5.41) is 5.46. The van der Waals surface area contributed by atoms with Crippen LogP contribution < -0.4 is 9.62 Å². The van der Waals surface area contributed by atoms with E-state index in [1.54, 1.807) is 24.5 Å². The van der Waals surface area contributed by atoms with E-state index < -0.39 is 10.0 Å². The maximum absolute atomic E-state index is 13.1. The van der Waals surface area contributed by atoms with Gasteiger partial charge in [0.15, 0.2) is 0 Å². The van der Waals surface area contributed by atoms with Crippen molar-refractivity contribution in [2.75, 3.05) is 31.1 Å². The van der Waals surface area contributed by atoms with Crippen molar-refractivity contribution in [1.29, 1.82) is 0 Å². The first-order chi connectivity index (χ1) is 12.0. The van der Waals surface area contributed by atoms with Crippen LogP contribution in [0, 0.1) is 0 Å². The number of sulfonamides is 1. The smallest absolute Gasteiger partial charge is 0.264 e. The molecule has 25 heavy (non-hydrogen) atoms. The van der Waals surface area contributed by atoms with E-state index in [4.69, 9.17) is 4.74 Å². The quantitative estimate of drug-likeness (QED) is 0.689. The molecule has 1 aromatic carbocycles. The predicted molar refractivity (Wildman–Crippen MR) is 105 cm³/mol. The van der Waals surface area contributed by atoms with E-state index in [0.29, 0.717) is 18.1 Å². The SMILES string of the molecule is CCOCCCNC1c2ccc(Br)cc2S(=O)(=O)N(C)c2ccsc21. The fourth-order valence-corrected chi connectivity index (χ4v) is 6.01. The Morgan fingerprint density at radius 3 is 2.92 bits per heavy atom. The highest BCUT2D eigenvalue weighted by Crippen LogP contribution is 2.43. The summed E-state index contributed by atoms with van der Waals surface area (Å²) in [5.74, 6) is 0. The number of nitrogens with zero attached hydrogens (tertiary/aromatic N) is 1. The van der Waals surface area contributed by atoms with E-state index in [1.807, 2.05) is 30.5 Å². The van der Waals surface area contributed by atoms with Crippen molar-refractivity contribution >= 4 is 43.0 Å². The fourth-order valence-electron chi connectivity index (χ4n) is 2.95. The Balaban J connectivity index is 2.02. The molecule has 8 heteroatoms. The summed E-state index contributed by atoms with van der Waals surface area (Å²) in [6.45, 7) is 4.13. The van der Waals surface area contributed by atoms with Crippen LogP contribution in [0.2, 0.25) is 0 Å². The molecule has 0 bridgehead atoms. The normalized spacial score (nSPS) is 18.5. The van der Waals surface area contributed by atoms with Gasteiger partial charge in [-0.15, -0.1) is 11.3 Å². The third-order valence-corrected chi connectivity index (χ3v) is 7.51. The van der Waals surface area contributed by atoms with Crippen LogP contribution in [0.15, 0.2) is 39.0 Å². The topological polar surface area (TPSA) is 58.6 Å². The summed E-state index contributed by atoms with van der Waals surface area (Å²) in [6.07, 6.45) is 0.875. The highest BCUT2D eigenvalue weighted by molar-refractivity contribution is 9.10. The molecule has 3 rings (SSSR count). The second kappa shape index (κ2) is 7.75. The molecule has 5 nitrogen and oxygen atoms in total. The minimum atomic E-state index is -3.59. The molecule has 0 fully saturated rings. The second-order valence-electron chi connectivity index (χ2n) is 5.76. The number of anilines is 1. The Bertz CT molecular complexity index is 851. The van der Waals surface area contributed by atoms with Crippen molar-refractivity contribution in [3.63, 3.8) is 0 Å². The summed E-state index contributed by atoms with van der Waals surface area (Å²) < 4.78 is 33.6. The number of rotatable bonds is 6.